The average Bonchev–Trinajstić information content (AvgIpc) is 2.46. The van der Waals surface area contributed by atoms with E-state index in [1.807, 2.05) is 30.3 Å². The fraction of sp³-hybridized carbons (Fsp3) is 0.250. The summed E-state index contributed by atoms with van der Waals surface area (Å²) in [5, 5.41) is 0.678. The Morgan fingerprint density at radius 1 is 1.25 bits per heavy atom. The predicted octanol–water partition coefficient (Wildman–Crippen LogP) is 4.45. The Balaban J connectivity index is 2.11. The summed E-state index contributed by atoms with van der Waals surface area (Å²) in [6.45, 7) is 2.10. The number of halogens is 1. The summed E-state index contributed by atoms with van der Waals surface area (Å²) >= 11 is 7.79. The van der Waals surface area contributed by atoms with Crippen molar-refractivity contribution in [1.82, 2.24) is 0 Å². The molecule has 2 nitrogen and oxygen atoms in total. The molecular weight excluding hydrogens is 290 g/mol. The molecule has 0 aliphatic carbocycles. The summed E-state index contributed by atoms with van der Waals surface area (Å²) in [6, 6.07) is 13.7. The highest BCUT2D eigenvalue weighted by Gasteiger charge is 2.13. The summed E-state index contributed by atoms with van der Waals surface area (Å²) in [5.41, 5.74) is 8.49. The van der Waals surface area contributed by atoms with E-state index in [1.165, 1.54) is 10.5 Å². The number of aryl methyl sites for hydroxylation is 1. The van der Waals surface area contributed by atoms with E-state index in [0.29, 0.717) is 5.02 Å². The molecule has 0 aliphatic rings. The monoisotopic (exact) mass is 307 g/mol. The number of benzene rings is 2. The molecule has 0 radical (unpaired) electrons. The van der Waals surface area contributed by atoms with Crippen LogP contribution in [0.3, 0.4) is 0 Å². The molecule has 0 saturated carbocycles. The Hall–Kier alpha value is -1.16. The Morgan fingerprint density at radius 2 is 2.00 bits per heavy atom. The van der Waals surface area contributed by atoms with E-state index in [9.17, 15) is 0 Å². The van der Waals surface area contributed by atoms with Gasteiger partial charge in [0, 0.05) is 27.3 Å². The first-order valence-corrected chi connectivity index (χ1v) is 7.75. The van der Waals surface area contributed by atoms with Crippen molar-refractivity contribution in [3.8, 4) is 5.75 Å². The Kier molecular flexibility index (Phi) is 5.35. The quantitative estimate of drug-likeness (QED) is 0.829. The molecule has 0 spiro atoms. The number of thioether (sulfide) groups is 1. The maximum absolute atomic E-state index is 6.28. The minimum Gasteiger partial charge on any atom is -0.496 e. The van der Waals surface area contributed by atoms with Crippen LogP contribution in [0.25, 0.3) is 0 Å². The number of hydrogen-bond donors (Lipinski definition) is 1. The first kappa shape index (κ1) is 15.2. The van der Waals surface area contributed by atoms with Gasteiger partial charge in [0.1, 0.15) is 5.75 Å². The van der Waals surface area contributed by atoms with Crippen LogP contribution in [0.2, 0.25) is 5.02 Å². The Labute approximate surface area is 129 Å². The molecule has 0 amide bonds. The van der Waals surface area contributed by atoms with E-state index >= 15 is 0 Å². The van der Waals surface area contributed by atoms with Gasteiger partial charge in [-0.3, -0.25) is 0 Å². The van der Waals surface area contributed by atoms with Gasteiger partial charge in [-0.05, 0) is 36.8 Å². The second kappa shape index (κ2) is 7.02. The van der Waals surface area contributed by atoms with Gasteiger partial charge in [-0.15, -0.1) is 11.8 Å². The van der Waals surface area contributed by atoms with Crippen molar-refractivity contribution >= 4 is 23.4 Å². The first-order chi connectivity index (χ1) is 9.61. The molecule has 106 valence electrons. The number of ether oxygens (including phenoxy) is 1. The second-order valence-electron chi connectivity index (χ2n) is 4.57. The van der Waals surface area contributed by atoms with Gasteiger partial charge in [-0.25, -0.2) is 0 Å². The molecule has 0 aliphatic heterocycles. The van der Waals surface area contributed by atoms with Crippen molar-refractivity contribution in [2.75, 3.05) is 12.9 Å². The van der Waals surface area contributed by atoms with Crippen molar-refractivity contribution in [3.63, 3.8) is 0 Å². The lowest BCUT2D eigenvalue weighted by Crippen LogP contribution is -2.14. The zero-order chi connectivity index (χ0) is 14.5. The second-order valence-corrected chi connectivity index (χ2v) is 6.07. The van der Waals surface area contributed by atoms with Crippen molar-refractivity contribution in [2.24, 2.45) is 5.73 Å². The van der Waals surface area contributed by atoms with Gasteiger partial charge < -0.3 is 10.5 Å². The van der Waals surface area contributed by atoms with Crippen molar-refractivity contribution in [3.05, 3.63) is 58.6 Å². The van der Waals surface area contributed by atoms with Gasteiger partial charge in [0.05, 0.1) is 7.11 Å². The summed E-state index contributed by atoms with van der Waals surface area (Å²) < 4.78 is 5.35. The smallest absolute Gasteiger partial charge is 0.123 e. The highest BCUT2D eigenvalue weighted by molar-refractivity contribution is 7.99. The largest absolute Gasteiger partial charge is 0.496 e. The van der Waals surface area contributed by atoms with Crippen LogP contribution in [-0.2, 0) is 0 Å². The maximum Gasteiger partial charge on any atom is 0.123 e. The molecule has 0 fully saturated rings. The van der Waals surface area contributed by atoms with E-state index in [1.54, 1.807) is 18.9 Å². The Bertz CT molecular complexity index is 588. The van der Waals surface area contributed by atoms with Crippen molar-refractivity contribution in [2.45, 2.75) is 17.9 Å². The molecule has 2 rings (SSSR count). The molecule has 0 heterocycles. The maximum atomic E-state index is 6.28. The molecule has 4 heteroatoms. The molecule has 2 N–H and O–H groups in total. The first-order valence-electron chi connectivity index (χ1n) is 6.39. The number of rotatable bonds is 5. The van der Waals surface area contributed by atoms with Gasteiger partial charge in [-0.1, -0.05) is 29.8 Å². The normalized spacial score (nSPS) is 12.2. The van der Waals surface area contributed by atoms with Crippen LogP contribution in [0.4, 0.5) is 0 Å². The molecule has 0 saturated heterocycles. The van der Waals surface area contributed by atoms with Crippen LogP contribution in [0.1, 0.15) is 17.2 Å². The van der Waals surface area contributed by atoms with Gasteiger partial charge in [-0.2, -0.15) is 0 Å². The minimum atomic E-state index is -0.117. The lowest BCUT2D eigenvalue weighted by Gasteiger charge is -2.16. The van der Waals surface area contributed by atoms with E-state index in [4.69, 9.17) is 22.1 Å². The minimum absolute atomic E-state index is 0.117. The molecule has 1 unspecified atom stereocenters. The predicted molar refractivity (Wildman–Crippen MR) is 86.8 cm³/mol. The lowest BCUT2D eigenvalue weighted by molar-refractivity contribution is 0.407. The molecule has 20 heavy (non-hydrogen) atoms. The molecule has 1 atom stereocenters. The molecule has 0 bridgehead atoms. The summed E-state index contributed by atoms with van der Waals surface area (Å²) in [5.74, 6) is 1.56. The number of methoxy groups -OCH3 is 1. The average molecular weight is 308 g/mol. The third-order valence-electron chi connectivity index (χ3n) is 3.10. The van der Waals surface area contributed by atoms with E-state index in [2.05, 4.69) is 19.1 Å². The van der Waals surface area contributed by atoms with E-state index in [-0.39, 0.29) is 6.04 Å². The van der Waals surface area contributed by atoms with E-state index < -0.39 is 0 Å². The zero-order valence-electron chi connectivity index (χ0n) is 11.6. The topological polar surface area (TPSA) is 35.2 Å². The highest BCUT2D eigenvalue weighted by Crippen LogP contribution is 2.31. The zero-order valence-corrected chi connectivity index (χ0v) is 13.2. The summed E-state index contributed by atoms with van der Waals surface area (Å²) in [7, 11) is 1.65. The molecule has 2 aromatic rings. The summed E-state index contributed by atoms with van der Waals surface area (Å²) in [6.07, 6.45) is 0. The fourth-order valence-electron chi connectivity index (χ4n) is 1.98. The van der Waals surface area contributed by atoms with Gasteiger partial charge in [0.2, 0.25) is 0 Å². The van der Waals surface area contributed by atoms with Crippen LogP contribution in [0.15, 0.2) is 47.4 Å². The van der Waals surface area contributed by atoms with Crippen LogP contribution in [-0.4, -0.2) is 12.9 Å². The van der Waals surface area contributed by atoms with Crippen molar-refractivity contribution in [1.29, 1.82) is 0 Å². The fourth-order valence-corrected chi connectivity index (χ4v) is 3.17. The van der Waals surface area contributed by atoms with Gasteiger partial charge in [0.15, 0.2) is 0 Å². The third kappa shape index (κ3) is 3.69. The van der Waals surface area contributed by atoms with Gasteiger partial charge in [0.25, 0.3) is 0 Å². The van der Waals surface area contributed by atoms with Crippen LogP contribution >= 0.6 is 23.4 Å². The van der Waals surface area contributed by atoms with Crippen molar-refractivity contribution < 1.29 is 4.74 Å². The standard InChI is InChI=1S/C16H18ClNOS/c1-11-5-3-4-6-16(11)20-10-14(18)13-9-12(17)7-8-15(13)19-2/h3-9,14H,10,18H2,1-2H3. The van der Waals surface area contributed by atoms with Gasteiger partial charge >= 0.3 is 0 Å². The summed E-state index contributed by atoms with van der Waals surface area (Å²) in [4.78, 5) is 1.25. The number of nitrogens with two attached hydrogens (primary N) is 1. The third-order valence-corrected chi connectivity index (χ3v) is 4.63. The van der Waals surface area contributed by atoms with E-state index in [0.717, 1.165) is 17.1 Å². The highest BCUT2D eigenvalue weighted by atomic mass is 35.5. The molecule has 0 aromatic heterocycles. The van der Waals surface area contributed by atoms with Crippen LogP contribution in [0.5, 0.6) is 5.75 Å². The van der Waals surface area contributed by atoms with Crippen LogP contribution < -0.4 is 10.5 Å². The number of hydrogen-bond acceptors (Lipinski definition) is 3. The SMILES string of the molecule is COc1ccc(Cl)cc1C(N)CSc1ccccc1C. The molecule has 2 aromatic carbocycles. The Morgan fingerprint density at radius 3 is 2.70 bits per heavy atom. The lowest BCUT2D eigenvalue weighted by atomic mass is 10.1. The molecular formula is C16H18ClNOS. The van der Waals surface area contributed by atoms with Crippen LogP contribution in [0, 0.1) is 6.92 Å².